The quantitative estimate of drug-likeness (QED) is 0.549. The number of nitrogens with one attached hydrogen (secondary N) is 2. The summed E-state index contributed by atoms with van der Waals surface area (Å²) >= 11 is 1.50. The molecule has 1 aromatic carbocycles. The van der Waals surface area contributed by atoms with Crippen molar-refractivity contribution in [2.45, 2.75) is 45.7 Å². The average Bonchev–Trinajstić information content (AvgIpc) is 3.36. The van der Waals surface area contributed by atoms with Crippen molar-refractivity contribution in [3.63, 3.8) is 0 Å². The molecule has 2 N–H and O–H groups in total. The van der Waals surface area contributed by atoms with Gasteiger partial charge in [-0.1, -0.05) is 37.3 Å². The molecule has 0 aliphatic carbocycles. The van der Waals surface area contributed by atoms with E-state index in [9.17, 15) is 9.59 Å². The van der Waals surface area contributed by atoms with E-state index in [1.54, 1.807) is 0 Å². The van der Waals surface area contributed by atoms with E-state index < -0.39 is 0 Å². The Hall–Kier alpha value is -2.71. The molecular weight excluding hydrogens is 422 g/mol. The van der Waals surface area contributed by atoms with Gasteiger partial charge in [0.2, 0.25) is 5.91 Å². The predicted molar refractivity (Wildman–Crippen MR) is 128 cm³/mol. The molecule has 7 nitrogen and oxygen atoms in total. The summed E-state index contributed by atoms with van der Waals surface area (Å²) in [6.07, 6.45) is 2.67. The fourth-order valence-corrected chi connectivity index (χ4v) is 5.17. The van der Waals surface area contributed by atoms with Gasteiger partial charge in [0.1, 0.15) is 4.83 Å². The van der Waals surface area contributed by atoms with Crippen LogP contribution < -0.4 is 10.6 Å². The number of fused-ring (bicyclic) bond motifs is 1. The normalized spacial score (nSPS) is 15.2. The largest absolute Gasteiger partial charge is 0.355 e. The van der Waals surface area contributed by atoms with Crippen LogP contribution in [0.1, 0.15) is 47.1 Å². The molecule has 170 valence electrons. The number of hydrogen-bond donors (Lipinski definition) is 2. The molecule has 0 spiro atoms. The molecule has 4 rings (SSSR count). The molecule has 1 fully saturated rings. The van der Waals surface area contributed by atoms with Gasteiger partial charge in [-0.05, 0) is 37.8 Å². The number of aryl methyl sites for hydroxylation is 1. The molecule has 2 aromatic heterocycles. The lowest BCUT2D eigenvalue weighted by Gasteiger charge is -2.31. The SMILES string of the molecule is CCCNC(=O)CN1CCC(NC(=O)c2cc3c(C)nn(Cc4ccccc4)c3s2)CC1. The maximum Gasteiger partial charge on any atom is 0.261 e. The first-order chi connectivity index (χ1) is 15.5. The number of rotatable bonds is 8. The Labute approximate surface area is 192 Å². The van der Waals surface area contributed by atoms with E-state index in [1.807, 2.05) is 42.8 Å². The summed E-state index contributed by atoms with van der Waals surface area (Å²) in [5, 5.41) is 11.8. The fraction of sp³-hybridized carbons (Fsp3) is 0.458. The lowest BCUT2D eigenvalue weighted by atomic mass is 10.0. The molecule has 3 aromatic rings. The van der Waals surface area contributed by atoms with Crippen molar-refractivity contribution >= 4 is 33.4 Å². The monoisotopic (exact) mass is 453 g/mol. The molecule has 1 aliphatic heterocycles. The highest BCUT2D eigenvalue weighted by Gasteiger charge is 2.24. The number of benzene rings is 1. The van der Waals surface area contributed by atoms with Gasteiger partial charge in [0.15, 0.2) is 0 Å². The molecule has 1 saturated heterocycles. The van der Waals surface area contributed by atoms with Crippen molar-refractivity contribution in [2.24, 2.45) is 0 Å². The molecule has 8 heteroatoms. The second kappa shape index (κ2) is 10.3. The minimum absolute atomic E-state index is 0.0176. The summed E-state index contributed by atoms with van der Waals surface area (Å²) in [4.78, 5) is 28.8. The van der Waals surface area contributed by atoms with Gasteiger partial charge in [-0.15, -0.1) is 11.3 Å². The number of likely N-dealkylation sites (tertiary alicyclic amines) is 1. The van der Waals surface area contributed by atoms with Crippen molar-refractivity contribution in [1.82, 2.24) is 25.3 Å². The third-order valence-electron chi connectivity index (χ3n) is 5.87. The number of hydrogen-bond acceptors (Lipinski definition) is 5. The minimum Gasteiger partial charge on any atom is -0.355 e. The van der Waals surface area contributed by atoms with E-state index in [2.05, 4.69) is 32.8 Å². The van der Waals surface area contributed by atoms with Crippen LogP contribution >= 0.6 is 11.3 Å². The summed E-state index contributed by atoms with van der Waals surface area (Å²) in [5.41, 5.74) is 2.13. The van der Waals surface area contributed by atoms with Crippen LogP contribution in [0.4, 0.5) is 0 Å². The third kappa shape index (κ3) is 5.37. The maximum atomic E-state index is 12.9. The first-order valence-electron chi connectivity index (χ1n) is 11.3. The van der Waals surface area contributed by atoms with Gasteiger partial charge in [-0.25, -0.2) is 0 Å². The maximum absolute atomic E-state index is 12.9. The van der Waals surface area contributed by atoms with Crippen LogP contribution in [0.3, 0.4) is 0 Å². The molecule has 0 bridgehead atoms. The molecule has 0 unspecified atom stereocenters. The summed E-state index contributed by atoms with van der Waals surface area (Å²) < 4.78 is 1.99. The van der Waals surface area contributed by atoms with Gasteiger partial charge < -0.3 is 10.6 Å². The van der Waals surface area contributed by atoms with Crippen molar-refractivity contribution in [1.29, 1.82) is 0 Å². The van der Waals surface area contributed by atoms with E-state index in [4.69, 9.17) is 0 Å². The van der Waals surface area contributed by atoms with Gasteiger partial charge >= 0.3 is 0 Å². The Morgan fingerprint density at radius 1 is 1.19 bits per heavy atom. The molecule has 0 saturated carbocycles. The Balaban J connectivity index is 1.34. The number of aromatic nitrogens is 2. The van der Waals surface area contributed by atoms with Crippen LogP contribution in [-0.4, -0.2) is 58.7 Å². The van der Waals surface area contributed by atoms with E-state index in [1.165, 1.54) is 16.9 Å². The van der Waals surface area contributed by atoms with Crippen molar-refractivity contribution < 1.29 is 9.59 Å². The van der Waals surface area contributed by atoms with E-state index in [0.29, 0.717) is 13.1 Å². The fourth-order valence-electron chi connectivity index (χ4n) is 4.10. The van der Waals surface area contributed by atoms with Crippen molar-refractivity contribution in [3.8, 4) is 0 Å². The second-order valence-corrected chi connectivity index (χ2v) is 9.46. The Morgan fingerprint density at radius 2 is 1.94 bits per heavy atom. The van der Waals surface area contributed by atoms with Gasteiger partial charge in [-0.2, -0.15) is 5.10 Å². The summed E-state index contributed by atoms with van der Waals surface area (Å²) in [7, 11) is 0. The standard InChI is InChI=1S/C24H31N5O2S/c1-3-11-25-22(30)16-28-12-9-19(10-13-28)26-23(31)21-14-20-17(2)27-29(24(20)32-21)15-18-7-5-4-6-8-18/h4-8,14,19H,3,9-13,15-16H2,1-2H3,(H,25,30)(H,26,31). The molecule has 32 heavy (non-hydrogen) atoms. The Kier molecular flexibility index (Phi) is 7.22. The highest BCUT2D eigenvalue weighted by Crippen LogP contribution is 2.29. The topological polar surface area (TPSA) is 79.3 Å². The zero-order valence-electron chi connectivity index (χ0n) is 18.8. The smallest absolute Gasteiger partial charge is 0.261 e. The van der Waals surface area contributed by atoms with Crippen LogP contribution in [0.25, 0.3) is 10.2 Å². The highest BCUT2D eigenvalue weighted by molar-refractivity contribution is 7.20. The van der Waals surface area contributed by atoms with Crippen LogP contribution in [0, 0.1) is 6.92 Å². The number of carbonyl (C=O) groups excluding carboxylic acids is 2. The molecule has 1 aliphatic rings. The first-order valence-corrected chi connectivity index (χ1v) is 12.2. The molecule has 0 radical (unpaired) electrons. The summed E-state index contributed by atoms with van der Waals surface area (Å²) in [5.74, 6) is 0.0653. The van der Waals surface area contributed by atoms with E-state index in [-0.39, 0.29) is 17.9 Å². The van der Waals surface area contributed by atoms with Crippen LogP contribution in [0.15, 0.2) is 36.4 Å². The number of carbonyl (C=O) groups is 2. The van der Waals surface area contributed by atoms with Crippen LogP contribution in [0.5, 0.6) is 0 Å². The summed E-state index contributed by atoms with van der Waals surface area (Å²) in [6, 6.07) is 12.3. The van der Waals surface area contributed by atoms with Crippen LogP contribution in [0.2, 0.25) is 0 Å². The van der Waals surface area contributed by atoms with Crippen LogP contribution in [-0.2, 0) is 11.3 Å². The zero-order chi connectivity index (χ0) is 22.5. The summed E-state index contributed by atoms with van der Waals surface area (Å²) in [6.45, 7) is 7.54. The first kappa shape index (κ1) is 22.5. The third-order valence-corrected chi connectivity index (χ3v) is 7.02. The van der Waals surface area contributed by atoms with Crippen molar-refractivity contribution in [3.05, 3.63) is 52.5 Å². The molecular formula is C24H31N5O2S. The number of thiophene rings is 1. The average molecular weight is 454 g/mol. The molecule has 2 amide bonds. The Morgan fingerprint density at radius 3 is 2.66 bits per heavy atom. The minimum atomic E-state index is -0.0176. The predicted octanol–water partition coefficient (Wildman–Crippen LogP) is 3.17. The van der Waals surface area contributed by atoms with Gasteiger partial charge in [0.25, 0.3) is 5.91 Å². The van der Waals surface area contributed by atoms with Crippen molar-refractivity contribution in [2.75, 3.05) is 26.2 Å². The zero-order valence-corrected chi connectivity index (χ0v) is 19.6. The van der Waals surface area contributed by atoms with E-state index in [0.717, 1.165) is 59.7 Å². The molecule has 0 atom stereocenters. The number of piperidine rings is 1. The second-order valence-electron chi connectivity index (χ2n) is 8.43. The van der Waals surface area contributed by atoms with Gasteiger partial charge in [-0.3, -0.25) is 19.2 Å². The number of nitrogens with zero attached hydrogens (tertiary/aromatic N) is 3. The van der Waals surface area contributed by atoms with E-state index >= 15 is 0 Å². The lowest BCUT2D eigenvalue weighted by molar-refractivity contribution is -0.122. The van der Waals surface area contributed by atoms with Gasteiger partial charge in [0, 0.05) is 31.1 Å². The van der Waals surface area contributed by atoms with Gasteiger partial charge in [0.05, 0.1) is 23.7 Å². The highest BCUT2D eigenvalue weighted by atomic mass is 32.1. The number of amides is 2. The lowest BCUT2D eigenvalue weighted by Crippen LogP contribution is -2.47. The molecule has 3 heterocycles. The Bertz CT molecular complexity index is 1070.